The molecule has 110 valence electrons. The van der Waals surface area contributed by atoms with Gasteiger partial charge in [0.1, 0.15) is 16.5 Å². The molecule has 0 spiro atoms. The summed E-state index contributed by atoms with van der Waals surface area (Å²) in [6.45, 7) is 0. The van der Waals surface area contributed by atoms with Gasteiger partial charge in [0.15, 0.2) is 9.84 Å². The zero-order chi connectivity index (χ0) is 15.1. The van der Waals surface area contributed by atoms with Crippen molar-refractivity contribution in [2.45, 2.75) is 30.1 Å². The maximum atomic E-state index is 14.3. The first-order chi connectivity index (χ1) is 9.21. The number of hydrogen-bond donors (Lipinski definition) is 1. The number of carboxylic acids is 1. The lowest BCUT2D eigenvalue weighted by Gasteiger charge is -2.17. The van der Waals surface area contributed by atoms with Crippen LogP contribution in [0.4, 0.5) is 8.78 Å². The van der Waals surface area contributed by atoms with E-state index < -0.39 is 50.2 Å². The molecule has 4 nitrogen and oxygen atoms in total. The molecule has 7 heteroatoms. The number of halogens is 2. The van der Waals surface area contributed by atoms with Crippen molar-refractivity contribution in [1.82, 2.24) is 0 Å². The summed E-state index contributed by atoms with van der Waals surface area (Å²) in [7, 11) is -3.83. The summed E-state index contributed by atoms with van der Waals surface area (Å²) in [6, 6.07) is 1.75. The van der Waals surface area contributed by atoms with E-state index in [0.717, 1.165) is 18.4 Å². The second-order valence-corrected chi connectivity index (χ2v) is 7.07. The topological polar surface area (TPSA) is 71.4 Å². The summed E-state index contributed by atoms with van der Waals surface area (Å²) in [6.07, 6.45) is 1.81. The van der Waals surface area contributed by atoms with Gasteiger partial charge in [0.2, 0.25) is 0 Å². The molecule has 0 radical (unpaired) electrons. The number of benzene rings is 1. The van der Waals surface area contributed by atoms with Crippen LogP contribution < -0.4 is 0 Å². The fraction of sp³-hybridized carbons (Fsp3) is 0.462. The molecule has 1 aliphatic rings. The van der Waals surface area contributed by atoms with Gasteiger partial charge in [-0.25, -0.2) is 17.2 Å². The number of rotatable bonds is 5. The number of sulfone groups is 1. The zero-order valence-electron chi connectivity index (χ0n) is 10.8. The molecule has 1 N–H and O–H groups in total. The highest BCUT2D eigenvalue weighted by molar-refractivity contribution is 7.90. The smallest absolute Gasteiger partial charge is 0.303 e. The van der Waals surface area contributed by atoms with Crippen LogP contribution in [0.25, 0.3) is 0 Å². The van der Waals surface area contributed by atoms with E-state index in [2.05, 4.69) is 0 Å². The Balaban J connectivity index is 2.56. The predicted molar refractivity (Wildman–Crippen MR) is 67.2 cm³/mol. The molecule has 0 aromatic heterocycles. The molecule has 1 atom stereocenters. The van der Waals surface area contributed by atoms with Crippen LogP contribution >= 0.6 is 0 Å². The molecule has 0 saturated heterocycles. The second kappa shape index (κ2) is 5.12. The fourth-order valence-electron chi connectivity index (χ4n) is 2.37. The van der Waals surface area contributed by atoms with Gasteiger partial charge in [0, 0.05) is 17.7 Å². The molecule has 1 aromatic rings. The highest BCUT2D eigenvalue weighted by Gasteiger charge is 2.38. The van der Waals surface area contributed by atoms with Crippen LogP contribution in [0, 0.1) is 17.6 Å². The van der Waals surface area contributed by atoms with Crippen molar-refractivity contribution < 1.29 is 27.1 Å². The van der Waals surface area contributed by atoms with Crippen molar-refractivity contribution in [3.8, 4) is 0 Å². The fourth-order valence-corrected chi connectivity index (χ4v) is 3.12. The van der Waals surface area contributed by atoms with Gasteiger partial charge in [0.05, 0.1) is 6.42 Å². The lowest BCUT2D eigenvalue weighted by molar-refractivity contribution is -0.137. The van der Waals surface area contributed by atoms with Crippen molar-refractivity contribution in [3.63, 3.8) is 0 Å². The van der Waals surface area contributed by atoms with E-state index in [4.69, 9.17) is 5.11 Å². The van der Waals surface area contributed by atoms with Gasteiger partial charge in [-0.1, -0.05) is 0 Å². The minimum Gasteiger partial charge on any atom is -0.481 e. The molecule has 0 heterocycles. The van der Waals surface area contributed by atoms with Gasteiger partial charge in [-0.05, 0) is 30.9 Å². The van der Waals surface area contributed by atoms with E-state index in [1.807, 2.05) is 0 Å². The molecule has 1 fully saturated rings. The van der Waals surface area contributed by atoms with Gasteiger partial charge in [-0.15, -0.1) is 0 Å². The molecular formula is C13H14F2O4S. The van der Waals surface area contributed by atoms with E-state index in [-0.39, 0.29) is 5.92 Å². The van der Waals surface area contributed by atoms with E-state index in [1.54, 1.807) is 0 Å². The standard InChI is InChI=1S/C13H14F2O4S/c1-20(18,19)10-5-4-9(14)12(13(10)15)8(6-11(16)17)7-2-3-7/h4-5,7-8H,2-3,6H2,1H3,(H,16,17). The zero-order valence-corrected chi connectivity index (χ0v) is 11.6. The average molecular weight is 304 g/mol. The minimum atomic E-state index is -3.83. The first-order valence-corrected chi connectivity index (χ1v) is 8.00. The summed E-state index contributed by atoms with van der Waals surface area (Å²) in [5, 5.41) is 8.87. The molecule has 20 heavy (non-hydrogen) atoms. The Morgan fingerprint density at radius 3 is 2.45 bits per heavy atom. The Kier molecular flexibility index (Phi) is 3.82. The monoisotopic (exact) mass is 304 g/mol. The Labute approximate surface area is 115 Å². The molecule has 1 saturated carbocycles. The Morgan fingerprint density at radius 2 is 2.00 bits per heavy atom. The largest absolute Gasteiger partial charge is 0.481 e. The molecule has 0 amide bonds. The van der Waals surface area contributed by atoms with Gasteiger partial charge in [-0.2, -0.15) is 0 Å². The van der Waals surface area contributed by atoms with Crippen molar-refractivity contribution in [3.05, 3.63) is 29.3 Å². The molecule has 0 aliphatic heterocycles. The third-order valence-corrected chi connectivity index (χ3v) is 4.56. The van der Waals surface area contributed by atoms with Crippen molar-refractivity contribution in [2.75, 3.05) is 6.26 Å². The third kappa shape index (κ3) is 2.98. The maximum Gasteiger partial charge on any atom is 0.303 e. The van der Waals surface area contributed by atoms with Crippen LogP contribution in [0.15, 0.2) is 17.0 Å². The first kappa shape index (κ1) is 14.9. The molecule has 1 aliphatic carbocycles. The van der Waals surface area contributed by atoms with Crippen molar-refractivity contribution >= 4 is 15.8 Å². The van der Waals surface area contributed by atoms with Gasteiger partial charge in [0.25, 0.3) is 0 Å². The van der Waals surface area contributed by atoms with Crippen LogP contribution in [0.2, 0.25) is 0 Å². The van der Waals surface area contributed by atoms with Crippen LogP contribution in [0.1, 0.15) is 30.7 Å². The summed E-state index contributed by atoms with van der Waals surface area (Å²) in [5.41, 5.74) is -0.419. The van der Waals surface area contributed by atoms with Crippen molar-refractivity contribution in [1.29, 1.82) is 0 Å². The van der Waals surface area contributed by atoms with Crippen LogP contribution in [0.3, 0.4) is 0 Å². The summed E-state index contributed by atoms with van der Waals surface area (Å²) in [5.74, 6) is -4.15. The highest BCUT2D eigenvalue weighted by atomic mass is 32.2. The Hall–Kier alpha value is -1.50. The Bertz CT molecular complexity index is 651. The Morgan fingerprint density at radius 1 is 1.40 bits per heavy atom. The van der Waals surface area contributed by atoms with Gasteiger partial charge in [-0.3, -0.25) is 4.79 Å². The van der Waals surface area contributed by atoms with E-state index in [0.29, 0.717) is 12.8 Å². The van der Waals surface area contributed by atoms with Gasteiger partial charge >= 0.3 is 5.97 Å². The minimum absolute atomic E-state index is 0.107. The van der Waals surface area contributed by atoms with Crippen molar-refractivity contribution in [2.24, 2.45) is 5.92 Å². The third-order valence-electron chi connectivity index (χ3n) is 3.45. The lowest BCUT2D eigenvalue weighted by atomic mass is 9.90. The lowest BCUT2D eigenvalue weighted by Crippen LogP contribution is -2.14. The number of carboxylic acid groups (broad SMARTS) is 1. The summed E-state index contributed by atoms with van der Waals surface area (Å²) < 4.78 is 51.1. The van der Waals surface area contributed by atoms with Crippen LogP contribution in [-0.4, -0.2) is 25.7 Å². The van der Waals surface area contributed by atoms with Gasteiger partial charge < -0.3 is 5.11 Å². The molecule has 2 rings (SSSR count). The van der Waals surface area contributed by atoms with E-state index >= 15 is 0 Å². The summed E-state index contributed by atoms with van der Waals surface area (Å²) in [4.78, 5) is 10.3. The SMILES string of the molecule is CS(=O)(=O)c1ccc(F)c(C(CC(=O)O)C2CC2)c1F. The maximum absolute atomic E-state index is 14.3. The van der Waals surface area contributed by atoms with Crippen LogP contribution in [0.5, 0.6) is 0 Å². The average Bonchev–Trinajstić information content (AvgIpc) is 3.08. The van der Waals surface area contributed by atoms with Crippen LogP contribution in [-0.2, 0) is 14.6 Å². The van der Waals surface area contributed by atoms with E-state index in [1.165, 1.54) is 0 Å². The molecule has 1 aromatic carbocycles. The van der Waals surface area contributed by atoms with E-state index in [9.17, 15) is 22.0 Å². The molecular weight excluding hydrogens is 290 g/mol. The number of hydrogen-bond acceptors (Lipinski definition) is 3. The normalized spacial score (nSPS) is 16.9. The summed E-state index contributed by atoms with van der Waals surface area (Å²) >= 11 is 0. The first-order valence-electron chi connectivity index (χ1n) is 6.11. The quantitative estimate of drug-likeness (QED) is 0.848. The second-order valence-electron chi connectivity index (χ2n) is 5.09. The predicted octanol–water partition coefficient (Wildman–Crippen LogP) is 2.34. The number of aliphatic carboxylic acids is 1. The highest BCUT2D eigenvalue weighted by Crippen LogP contribution is 2.46. The molecule has 0 bridgehead atoms. The molecule has 1 unspecified atom stereocenters. The number of carbonyl (C=O) groups is 1.